The number of ether oxygens (including phenoxy) is 3. The van der Waals surface area contributed by atoms with Gasteiger partial charge in [0, 0.05) is 17.3 Å². The highest BCUT2D eigenvalue weighted by Gasteiger charge is 2.22. The van der Waals surface area contributed by atoms with Crippen molar-refractivity contribution in [2.45, 2.75) is 32.4 Å². The molecule has 0 radical (unpaired) electrons. The highest BCUT2D eigenvalue weighted by molar-refractivity contribution is 9.09. The lowest BCUT2D eigenvalue weighted by atomic mass is 9.92. The number of hydrogen-bond donors (Lipinski definition) is 1. The van der Waals surface area contributed by atoms with Crippen LogP contribution in [0.25, 0.3) is 0 Å². The Hall–Kier alpha value is -0.730. The molecule has 0 fully saturated rings. The minimum Gasteiger partial charge on any atom is -0.360 e. The van der Waals surface area contributed by atoms with Crippen LogP contribution in [0.15, 0.2) is 36.3 Å². The Labute approximate surface area is 152 Å². The van der Waals surface area contributed by atoms with Crippen molar-refractivity contribution in [3.05, 3.63) is 36.3 Å². The lowest BCUT2D eigenvalue weighted by Crippen LogP contribution is -2.34. The van der Waals surface area contributed by atoms with Crippen LogP contribution in [0.2, 0.25) is 0 Å². The fraction of sp³-hybridized carbons (Fsp3) is 0.647. The minimum absolute atomic E-state index is 0.0612. The van der Waals surface area contributed by atoms with Crippen LogP contribution in [-0.2, 0) is 14.2 Å². The van der Waals surface area contributed by atoms with Gasteiger partial charge >= 0.3 is 0 Å². The van der Waals surface area contributed by atoms with E-state index < -0.39 is 0 Å². The summed E-state index contributed by atoms with van der Waals surface area (Å²) in [4.78, 5) is 1.77. The van der Waals surface area contributed by atoms with Gasteiger partial charge in [0.05, 0.1) is 12.2 Å². The van der Waals surface area contributed by atoms with E-state index in [0.717, 1.165) is 0 Å². The van der Waals surface area contributed by atoms with E-state index in [2.05, 4.69) is 22.5 Å². The van der Waals surface area contributed by atoms with Crippen LogP contribution < -0.4 is 5.73 Å². The highest BCUT2D eigenvalue weighted by atomic mass is 79.9. The van der Waals surface area contributed by atoms with Gasteiger partial charge in [-0.05, 0) is 38.6 Å². The van der Waals surface area contributed by atoms with Crippen molar-refractivity contribution in [2.75, 3.05) is 32.2 Å². The first-order valence-electron chi connectivity index (χ1n) is 7.83. The molecule has 5 nitrogen and oxygen atoms in total. The van der Waals surface area contributed by atoms with Crippen molar-refractivity contribution in [1.82, 2.24) is 4.90 Å². The summed E-state index contributed by atoms with van der Waals surface area (Å²) in [7, 11) is 0. The Balaban J connectivity index is 2.31. The number of alkyl halides is 1. The number of nitrogens with two attached hydrogens (primary N) is 1. The zero-order valence-electron chi connectivity index (χ0n) is 14.6. The van der Waals surface area contributed by atoms with Crippen molar-refractivity contribution in [1.29, 1.82) is 0 Å². The van der Waals surface area contributed by atoms with Crippen LogP contribution >= 0.6 is 15.9 Å². The summed E-state index contributed by atoms with van der Waals surface area (Å²) in [5.74, 6) is -0.329. The second kappa shape index (κ2) is 10.3. The number of hydrogen-bond acceptors (Lipinski definition) is 5. The fourth-order valence-corrected chi connectivity index (χ4v) is 2.39. The summed E-state index contributed by atoms with van der Waals surface area (Å²) in [6.07, 6.45) is 4.89. The van der Waals surface area contributed by atoms with Crippen LogP contribution in [0.1, 0.15) is 20.8 Å². The third-order valence-corrected chi connectivity index (χ3v) is 3.96. The summed E-state index contributed by atoms with van der Waals surface area (Å²) in [5.41, 5.74) is 6.31. The predicted octanol–water partition coefficient (Wildman–Crippen LogP) is 3.28. The molecule has 0 aromatic heterocycles. The molecular formula is C17H28BrFN2O3. The molecule has 0 aromatic rings. The average molecular weight is 407 g/mol. The maximum atomic E-state index is 13.6. The van der Waals surface area contributed by atoms with Crippen molar-refractivity contribution in [3.8, 4) is 0 Å². The van der Waals surface area contributed by atoms with E-state index in [0.29, 0.717) is 31.0 Å². The van der Waals surface area contributed by atoms with Gasteiger partial charge in [0.2, 0.25) is 0 Å². The maximum Gasteiger partial charge on any atom is 0.149 e. The van der Waals surface area contributed by atoms with Crippen LogP contribution in [-0.4, -0.2) is 48.7 Å². The number of nitrogens with zero attached hydrogens (tertiary/aromatic N) is 1. The van der Waals surface area contributed by atoms with Crippen molar-refractivity contribution in [2.24, 2.45) is 11.7 Å². The van der Waals surface area contributed by atoms with Gasteiger partial charge in [-0.3, -0.25) is 0 Å². The minimum atomic E-state index is -0.388. The lowest BCUT2D eigenvalue weighted by molar-refractivity contribution is -0.144. The molecule has 2 unspecified atom stereocenters. The standard InChI is InChI=1S/C17H28BrFN2O3/c1-5-21(11-23-12-24-17(2,3)4)10-22-9-14-6-13(8-18)15(19)7-16(14)20/h5-7,14,16H,1,8-12,20H2,2-4H3. The summed E-state index contributed by atoms with van der Waals surface area (Å²) in [6.45, 7) is 10.8. The van der Waals surface area contributed by atoms with E-state index in [1.807, 2.05) is 26.8 Å². The van der Waals surface area contributed by atoms with Gasteiger partial charge < -0.3 is 24.8 Å². The van der Waals surface area contributed by atoms with Gasteiger partial charge in [-0.1, -0.05) is 28.6 Å². The Morgan fingerprint density at radius 1 is 1.33 bits per heavy atom. The molecular weight excluding hydrogens is 379 g/mol. The van der Waals surface area contributed by atoms with Crippen molar-refractivity contribution < 1.29 is 18.6 Å². The molecule has 0 saturated heterocycles. The Kier molecular flexibility index (Phi) is 9.15. The van der Waals surface area contributed by atoms with Gasteiger partial charge in [-0.2, -0.15) is 0 Å². The quantitative estimate of drug-likeness (QED) is 0.342. The van der Waals surface area contributed by atoms with Crippen LogP contribution in [0.4, 0.5) is 4.39 Å². The van der Waals surface area contributed by atoms with Gasteiger partial charge in [0.1, 0.15) is 26.1 Å². The summed E-state index contributed by atoms with van der Waals surface area (Å²) in [5, 5.41) is 0.457. The van der Waals surface area contributed by atoms with E-state index >= 15 is 0 Å². The molecule has 0 amide bonds. The molecule has 7 heteroatoms. The van der Waals surface area contributed by atoms with E-state index in [1.54, 1.807) is 11.1 Å². The molecule has 0 heterocycles. The normalized spacial score (nSPS) is 21.2. The van der Waals surface area contributed by atoms with Gasteiger partial charge in [0.25, 0.3) is 0 Å². The van der Waals surface area contributed by atoms with Crippen LogP contribution in [0.5, 0.6) is 0 Å². The molecule has 2 N–H and O–H groups in total. The topological polar surface area (TPSA) is 57.0 Å². The molecule has 1 aliphatic carbocycles. The van der Waals surface area contributed by atoms with E-state index in [-0.39, 0.29) is 30.2 Å². The number of allylic oxidation sites excluding steroid dienone is 2. The molecule has 0 saturated carbocycles. The Morgan fingerprint density at radius 3 is 2.58 bits per heavy atom. The second-order valence-corrected chi connectivity index (χ2v) is 7.12. The third-order valence-electron chi connectivity index (χ3n) is 3.36. The smallest absolute Gasteiger partial charge is 0.149 e. The van der Waals surface area contributed by atoms with E-state index in [4.69, 9.17) is 19.9 Å². The molecule has 0 aromatic carbocycles. The molecule has 24 heavy (non-hydrogen) atoms. The number of rotatable bonds is 10. The zero-order valence-corrected chi connectivity index (χ0v) is 16.2. The highest BCUT2D eigenvalue weighted by Crippen LogP contribution is 2.25. The Bertz CT molecular complexity index is 463. The van der Waals surface area contributed by atoms with Gasteiger partial charge in [0.15, 0.2) is 0 Å². The summed E-state index contributed by atoms with van der Waals surface area (Å²) >= 11 is 3.27. The zero-order chi connectivity index (χ0) is 18.2. The first-order chi connectivity index (χ1) is 11.3. The maximum absolute atomic E-state index is 13.6. The molecule has 1 aliphatic rings. The van der Waals surface area contributed by atoms with Gasteiger partial charge in [-0.25, -0.2) is 4.39 Å². The van der Waals surface area contributed by atoms with E-state index in [1.165, 1.54) is 6.08 Å². The predicted molar refractivity (Wildman–Crippen MR) is 97.0 cm³/mol. The monoisotopic (exact) mass is 406 g/mol. The first kappa shape index (κ1) is 21.3. The molecule has 1 rings (SSSR count). The lowest BCUT2D eigenvalue weighted by Gasteiger charge is -2.26. The second-order valence-electron chi connectivity index (χ2n) is 6.56. The molecule has 0 aliphatic heterocycles. The van der Waals surface area contributed by atoms with Crippen molar-refractivity contribution in [3.63, 3.8) is 0 Å². The molecule has 138 valence electrons. The molecule has 0 bridgehead atoms. The largest absolute Gasteiger partial charge is 0.360 e. The van der Waals surface area contributed by atoms with Crippen molar-refractivity contribution >= 4 is 15.9 Å². The Morgan fingerprint density at radius 2 is 2.00 bits per heavy atom. The SMILES string of the molecule is C=CN(COCOC(C)(C)C)COCC1C=C(CBr)C(F)=CC1N. The average Bonchev–Trinajstić information content (AvgIpc) is 2.50. The molecule has 0 spiro atoms. The first-order valence-corrected chi connectivity index (χ1v) is 8.95. The van der Waals surface area contributed by atoms with Crippen LogP contribution in [0, 0.1) is 5.92 Å². The van der Waals surface area contributed by atoms with Gasteiger partial charge in [-0.15, -0.1) is 0 Å². The molecule has 2 atom stereocenters. The number of halogens is 2. The van der Waals surface area contributed by atoms with E-state index in [9.17, 15) is 4.39 Å². The van der Waals surface area contributed by atoms with Crippen LogP contribution in [0.3, 0.4) is 0 Å². The third kappa shape index (κ3) is 7.90. The summed E-state index contributed by atoms with van der Waals surface area (Å²) in [6, 6.07) is -0.388. The fourth-order valence-electron chi connectivity index (χ4n) is 1.94. The summed E-state index contributed by atoms with van der Waals surface area (Å²) < 4.78 is 30.2.